The van der Waals surface area contributed by atoms with E-state index in [9.17, 15) is 14.4 Å². The third-order valence-corrected chi connectivity index (χ3v) is 5.88. The molecule has 3 N–H and O–H groups in total. The molecule has 1 aromatic heterocycles. The van der Waals surface area contributed by atoms with Crippen molar-refractivity contribution in [2.75, 3.05) is 28.5 Å². The van der Waals surface area contributed by atoms with E-state index in [2.05, 4.69) is 20.9 Å². The maximum Gasteiger partial charge on any atom is 0.258 e. The van der Waals surface area contributed by atoms with Crippen LogP contribution in [0.3, 0.4) is 0 Å². The molecule has 9 nitrogen and oxygen atoms in total. The highest BCUT2D eigenvalue weighted by atomic mass is 35.5. The zero-order chi connectivity index (χ0) is 24.1. The number of ether oxygens (including phenoxy) is 2. The van der Waals surface area contributed by atoms with Gasteiger partial charge in [-0.15, -0.1) is 0 Å². The number of amides is 3. The van der Waals surface area contributed by atoms with Gasteiger partial charge in [0.05, 0.1) is 22.0 Å². The molecule has 0 saturated heterocycles. The lowest BCUT2D eigenvalue weighted by Crippen LogP contribution is -2.16. The minimum absolute atomic E-state index is 0.0323. The van der Waals surface area contributed by atoms with Crippen LogP contribution in [-0.2, 0) is 9.59 Å². The van der Waals surface area contributed by atoms with Gasteiger partial charge in [0.2, 0.25) is 18.6 Å². The molecule has 0 bridgehead atoms. The molecule has 0 aliphatic carbocycles. The van der Waals surface area contributed by atoms with E-state index in [0.717, 1.165) is 11.8 Å². The second-order valence-corrected chi connectivity index (χ2v) is 8.46. The van der Waals surface area contributed by atoms with E-state index < -0.39 is 5.91 Å². The molecule has 0 atom stereocenters. The van der Waals surface area contributed by atoms with Crippen LogP contribution in [0.15, 0.2) is 59.8 Å². The lowest BCUT2D eigenvalue weighted by atomic mass is 10.2. The molecule has 11 heteroatoms. The number of carbonyl (C=O) groups is 3. The molecule has 0 saturated carbocycles. The first-order valence-electron chi connectivity index (χ1n) is 10.0. The van der Waals surface area contributed by atoms with Crippen LogP contribution in [0.1, 0.15) is 17.3 Å². The third kappa shape index (κ3) is 5.77. The van der Waals surface area contributed by atoms with Crippen molar-refractivity contribution in [2.45, 2.75) is 11.9 Å². The molecular formula is C23H19ClN4O5S. The molecule has 0 spiro atoms. The summed E-state index contributed by atoms with van der Waals surface area (Å²) < 4.78 is 10.6. The number of benzene rings is 2. The van der Waals surface area contributed by atoms with Crippen LogP contribution in [-0.4, -0.2) is 35.3 Å². The van der Waals surface area contributed by atoms with Crippen molar-refractivity contribution < 1.29 is 23.9 Å². The molecule has 174 valence electrons. The molecule has 0 fully saturated rings. The molecule has 0 radical (unpaired) electrons. The van der Waals surface area contributed by atoms with Crippen LogP contribution < -0.4 is 25.4 Å². The topological polar surface area (TPSA) is 119 Å². The average molecular weight is 499 g/mol. The van der Waals surface area contributed by atoms with Crippen LogP contribution >= 0.6 is 23.4 Å². The standard InChI is InChI=1S/C23H19ClN4O5S/c1-13(29)26-14-4-6-17(24)18(9-14)28-22(31)16-3-2-8-25-23(16)34-11-21(30)27-15-5-7-19-20(10-15)33-12-32-19/h2-10H,11-12H2,1H3,(H,26,29)(H,27,30)(H,28,31). The number of halogens is 1. The quantitative estimate of drug-likeness (QED) is 0.413. The van der Waals surface area contributed by atoms with Crippen LogP contribution in [0.4, 0.5) is 17.1 Å². The Bertz CT molecular complexity index is 1270. The van der Waals surface area contributed by atoms with E-state index in [4.69, 9.17) is 21.1 Å². The fourth-order valence-corrected chi connectivity index (χ4v) is 4.03. The van der Waals surface area contributed by atoms with Crippen molar-refractivity contribution in [3.05, 3.63) is 65.3 Å². The number of hydrogen-bond donors (Lipinski definition) is 3. The number of carbonyl (C=O) groups excluding carboxylic acids is 3. The molecule has 1 aliphatic heterocycles. The zero-order valence-corrected chi connectivity index (χ0v) is 19.5. The Kier molecular flexibility index (Phi) is 7.19. The maximum absolute atomic E-state index is 12.9. The Morgan fingerprint density at radius 1 is 1.00 bits per heavy atom. The van der Waals surface area contributed by atoms with Gasteiger partial charge >= 0.3 is 0 Å². The summed E-state index contributed by atoms with van der Waals surface area (Å²) in [6, 6.07) is 13.1. The van der Waals surface area contributed by atoms with Gasteiger partial charge in [-0.3, -0.25) is 14.4 Å². The molecule has 3 aromatic rings. The summed E-state index contributed by atoms with van der Waals surface area (Å²) in [6.45, 7) is 1.53. The summed E-state index contributed by atoms with van der Waals surface area (Å²) in [5.74, 6) is 0.254. The average Bonchev–Trinajstić information content (AvgIpc) is 3.27. The van der Waals surface area contributed by atoms with E-state index >= 15 is 0 Å². The Morgan fingerprint density at radius 2 is 1.76 bits per heavy atom. The second-order valence-electron chi connectivity index (χ2n) is 7.09. The number of pyridine rings is 1. The SMILES string of the molecule is CC(=O)Nc1ccc(Cl)c(NC(=O)c2cccnc2SCC(=O)Nc2ccc3c(c2)OCO3)c1. The number of hydrogen-bond acceptors (Lipinski definition) is 7. The van der Waals surface area contributed by atoms with E-state index in [1.165, 1.54) is 6.92 Å². The number of anilines is 3. The van der Waals surface area contributed by atoms with Gasteiger partial charge in [-0.05, 0) is 42.5 Å². The lowest BCUT2D eigenvalue weighted by molar-refractivity contribution is -0.114. The number of fused-ring (bicyclic) bond motifs is 1. The first-order chi connectivity index (χ1) is 16.4. The zero-order valence-electron chi connectivity index (χ0n) is 17.9. The summed E-state index contributed by atoms with van der Waals surface area (Å²) in [5, 5.41) is 8.85. The van der Waals surface area contributed by atoms with E-state index in [-0.39, 0.29) is 29.9 Å². The summed E-state index contributed by atoms with van der Waals surface area (Å²) in [6.07, 6.45) is 1.54. The lowest BCUT2D eigenvalue weighted by Gasteiger charge is -2.12. The third-order valence-electron chi connectivity index (χ3n) is 4.55. The summed E-state index contributed by atoms with van der Waals surface area (Å²) in [7, 11) is 0. The van der Waals surface area contributed by atoms with Gasteiger partial charge in [-0.25, -0.2) is 4.98 Å². The van der Waals surface area contributed by atoms with Gasteiger partial charge in [0.15, 0.2) is 11.5 Å². The van der Waals surface area contributed by atoms with Crippen LogP contribution in [0.2, 0.25) is 5.02 Å². The molecule has 2 heterocycles. The van der Waals surface area contributed by atoms with Crippen LogP contribution in [0.5, 0.6) is 11.5 Å². The van der Waals surface area contributed by atoms with Gasteiger partial charge in [0.1, 0.15) is 5.03 Å². The predicted octanol–water partition coefficient (Wildman–Crippen LogP) is 4.41. The largest absolute Gasteiger partial charge is 0.454 e. The first kappa shape index (κ1) is 23.4. The van der Waals surface area contributed by atoms with Gasteiger partial charge in [-0.2, -0.15) is 0 Å². The summed E-state index contributed by atoms with van der Waals surface area (Å²) in [5.41, 5.74) is 1.68. The Balaban J connectivity index is 1.41. The van der Waals surface area contributed by atoms with Crippen LogP contribution in [0.25, 0.3) is 0 Å². The van der Waals surface area contributed by atoms with E-state index in [1.807, 2.05) is 0 Å². The Morgan fingerprint density at radius 3 is 2.59 bits per heavy atom. The predicted molar refractivity (Wildman–Crippen MR) is 130 cm³/mol. The molecule has 3 amide bonds. The number of thioether (sulfide) groups is 1. The molecule has 1 aliphatic rings. The normalized spacial score (nSPS) is 11.6. The first-order valence-corrected chi connectivity index (χ1v) is 11.4. The molecule has 0 unspecified atom stereocenters. The van der Waals surface area contributed by atoms with Gasteiger partial charge in [-0.1, -0.05) is 23.4 Å². The van der Waals surface area contributed by atoms with E-state index in [1.54, 1.807) is 54.7 Å². The van der Waals surface area contributed by atoms with Crippen LogP contribution in [0, 0.1) is 0 Å². The minimum Gasteiger partial charge on any atom is -0.454 e. The fraction of sp³-hybridized carbons (Fsp3) is 0.130. The molecule has 2 aromatic carbocycles. The van der Waals surface area contributed by atoms with Crippen molar-refractivity contribution in [1.82, 2.24) is 4.98 Å². The molecule has 4 rings (SSSR count). The van der Waals surface area contributed by atoms with Gasteiger partial charge < -0.3 is 25.4 Å². The van der Waals surface area contributed by atoms with E-state index in [0.29, 0.717) is 38.6 Å². The monoisotopic (exact) mass is 498 g/mol. The van der Waals surface area contributed by atoms with Crippen molar-refractivity contribution in [1.29, 1.82) is 0 Å². The van der Waals surface area contributed by atoms with Gasteiger partial charge in [0, 0.05) is 30.6 Å². The fourth-order valence-electron chi connectivity index (χ4n) is 3.08. The Hall–Kier alpha value is -3.76. The van der Waals surface area contributed by atoms with Crippen molar-refractivity contribution in [2.24, 2.45) is 0 Å². The number of aromatic nitrogens is 1. The highest BCUT2D eigenvalue weighted by Gasteiger charge is 2.17. The van der Waals surface area contributed by atoms with Crippen molar-refractivity contribution >= 4 is 58.1 Å². The summed E-state index contributed by atoms with van der Waals surface area (Å²) in [4.78, 5) is 40.9. The number of nitrogens with one attached hydrogen (secondary N) is 3. The second kappa shape index (κ2) is 10.4. The molecular weight excluding hydrogens is 480 g/mol. The minimum atomic E-state index is -0.450. The maximum atomic E-state index is 12.9. The summed E-state index contributed by atoms with van der Waals surface area (Å²) >= 11 is 7.33. The van der Waals surface area contributed by atoms with Crippen molar-refractivity contribution in [3.8, 4) is 11.5 Å². The highest BCUT2D eigenvalue weighted by molar-refractivity contribution is 8.00. The smallest absolute Gasteiger partial charge is 0.258 e. The number of nitrogens with zero attached hydrogens (tertiary/aromatic N) is 1. The van der Waals surface area contributed by atoms with Crippen molar-refractivity contribution in [3.63, 3.8) is 0 Å². The highest BCUT2D eigenvalue weighted by Crippen LogP contribution is 2.34. The number of rotatable bonds is 7. The van der Waals surface area contributed by atoms with Gasteiger partial charge in [0.25, 0.3) is 5.91 Å². The Labute approximate surface area is 204 Å². The molecule has 34 heavy (non-hydrogen) atoms.